The Labute approximate surface area is 164 Å². The average Bonchev–Trinajstić information content (AvgIpc) is 2.65. The molecule has 2 rings (SSSR count). The van der Waals surface area contributed by atoms with Gasteiger partial charge >= 0.3 is 6.09 Å². The van der Waals surface area contributed by atoms with Gasteiger partial charge in [-0.05, 0) is 45.4 Å². The number of rotatable bonds is 7. The lowest BCUT2D eigenvalue weighted by molar-refractivity contribution is -0.114. The third-order valence-electron chi connectivity index (χ3n) is 3.95. The zero-order valence-corrected chi connectivity index (χ0v) is 16.6. The highest BCUT2D eigenvalue weighted by Crippen LogP contribution is 2.14. The van der Waals surface area contributed by atoms with Gasteiger partial charge in [0.25, 0.3) is 5.56 Å². The molecule has 1 aromatic heterocycles. The molecule has 7 nitrogen and oxygen atoms in total. The second-order valence-electron chi connectivity index (χ2n) is 7.38. The van der Waals surface area contributed by atoms with Crippen LogP contribution in [-0.2, 0) is 20.9 Å². The van der Waals surface area contributed by atoms with E-state index in [1.807, 2.05) is 51.1 Å². The van der Waals surface area contributed by atoms with Crippen LogP contribution in [0.1, 0.15) is 38.1 Å². The number of aromatic nitrogens is 1. The maximum atomic E-state index is 12.8. The number of hydrogen-bond donors (Lipinski definition) is 1. The fraction of sp³-hybridized carbons (Fsp3) is 0.381. The SMILES string of the molecule is Cc1ccc(NC(=O)OCc2ccccc2)c(=O)n1C(C=O)COC(C)(C)C. The largest absolute Gasteiger partial charge is 0.444 e. The molecule has 0 aliphatic carbocycles. The molecular weight excluding hydrogens is 360 g/mol. The van der Waals surface area contributed by atoms with Crippen molar-refractivity contribution in [3.05, 3.63) is 64.1 Å². The van der Waals surface area contributed by atoms with Gasteiger partial charge in [0.2, 0.25) is 0 Å². The molecule has 0 radical (unpaired) electrons. The molecular formula is C21H26N2O5. The van der Waals surface area contributed by atoms with E-state index in [9.17, 15) is 14.4 Å². The minimum Gasteiger partial charge on any atom is -0.444 e. The van der Waals surface area contributed by atoms with Crippen LogP contribution in [0.25, 0.3) is 0 Å². The molecule has 28 heavy (non-hydrogen) atoms. The predicted octanol–water partition coefficient (Wildman–Crippen LogP) is 3.46. The fourth-order valence-electron chi connectivity index (χ4n) is 2.53. The second-order valence-corrected chi connectivity index (χ2v) is 7.38. The molecule has 0 aliphatic heterocycles. The summed E-state index contributed by atoms with van der Waals surface area (Å²) in [6.45, 7) is 7.45. The van der Waals surface area contributed by atoms with E-state index in [1.54, 1.807) is 13.0 Å². The monoisotopic (exact) mass is 386 g/mol. The highest BCUT2D eigenvalue weighted by Gasteiger charge is 2.20. The van der Waals surface area contributed by atoms with Gasteiger partial charge < -0.3 is 14.3 Å². The van der Waals surface area contributed by atoms with Crippen molar-refractivity contribution in [2.24, 2.45) is 0 Å². The molecule has 1 atom stereocenters. The predicted molar refractivity (Wildman–Crippen MR) is 106 cm³/mol. The number of pyridine rings is 1. The maximum absolute atomic E-state index is 12.8. The van der Waals surface area contributed by atoms with Crippen LogP contribution in [0, 0.1) is 6.92 Å². The molecule has 7 heteroatoms. The standard InChI is InChI=1S/C21H26N2O5/c1-15-10-11-18(22-20(26)27-13-16-8-6-5-7-9-16)19(25)23(15)17(12-24)14-28-21(2,3)4/h5-12,17H,13-14H2,1-4H3,(H,22,26). The number of ether oxygens (including phenoxy) is 2. The van der Waals surface area contributed by atoms with Crippen LogP contribution in [0.4, 0.5) is 10.5 Å². The Bertz CT molecular complexity index is 869. The molecule has 1 amide bonds. The van der Waals surface area contributed by atoms with E-state index >= 15 is 0 Å². The van der Waals surface area contributed by atoms with Gasteiger partial charge in [0.05, 0.1) is 12.2 Å². The molecule has 0 saturated carbocycles. The van der Waals surface area contributed by atoms with Crippen LogP contribution in [0.2, 0.25) is 0 Å². The minimum absolute atomic E-state index is 0.0336. The van der Waals surface area contributed by atoms with Crippen LogP contribution in [-0.4, -0.2) is 29.2 Å². The number of aldehydes is 1. The summed E-state index contributed by atoms with van der Waals surface area (Å²) in [5.41, 5.74) is 0.509. The molecule has 0 spiro atoms. The number of carbonyl (C=O) groups is 2. The molecule has 1 unspecified atom stereocenters. The van der Waals surface area contributed by atoms with Crippen LogP contribution in [0.3, 0.4) is 0 Å². The first kappa shape index (κ1) is 21.4. The first-order valence-corrected chi connectivity index (χ1v) is 9.00. The quantitative estimate of drug-likeness (QED) is 0.737. The minimum atomic E-state index is -0.797. The lowest BCUT2D eigenvalue weighted by atomic mass is 10.2. The molecule has 1 aromatic carbocycles. The third kappa shape index (κ3) is 6.06. The smallest absolute Gasteiger partial charge is 0.412 e. The molecule has 0 bridgehead atoms. The van der Waals surface area contributed by atoms with Gasteiger partial charge in [0.15, 0.2) is 0 Å². The van der Waals surface area contributed by atoms with E-state index in [0.29, 0.717) is 12.0 Å². The summed E-state index contributed by atoms with van der Waals surface area (Å²) < 4.78 is 12.1. The van der Waals surface area contributed by atoms with Gasteiger partial charge in [0.1, 0.15) is 24.6 Å². The molecule has 2 aromatic rings. The van der Waals surface area contributed by atoms with Gasteiger partial charge in [-0.1, -0.05) is 30.3 Å². The Balaban J connectivity index is 2.13. The summed E-state index contributed by atoms with van der Waals surface area (Å²) in [5.74, 6) is 0. The molecule has 0 fully saturated rings. The number of hydrogen-bond acceptors (Lipinski definition) is 5. The van der Waals surface area contributed by atoms with Crippen molar-refractivity contribution in [1.82, 2.24) is 4.57 Å². The third-order valence-corrected chi connectivity index (χ3v) is 3.95. The number of nitrogens with zero attached hydrogens (tertiary/aromatic N) is 1. The van der Waals surface area contributed by atoms with Gasteiger partial charge in [-0.15, -0.1) is 0 Å². The van der Waals surface area contributed by atoms with Crippen molar-refractivity contribution in [3.63, 3.8) is 0 Å². The van der Waals surface area contributed by atoms with Gasteiger partial charge in [-0.3, -0.25) is 14.7 Å². The highest BCUT2D eigenvalue weighted by atomic mass is 16.5. The van der Waals surface area contributed by atoms with Crippen LogP contribution >= 0.6 is 0 Å². The van der Waals surface area contributed by atoms with Crippen LogP contribution < -0.4 is 10.9 Å². The van der Waals surface area contributed by atoms with E-state index in [1.165, 1.54) is 10.6 Å². The molecule has 150 valence electrons. The van der Waals surface area contributed by atoms with E-state index < -0.39 is 23.3 Å². The summed E-state index contributed by atoms with van der Waals surface area (Å²) >= 11 is 0. The van der Waals surface area contributed by atoms with E-state index in [0.717, 1.165) is 5.56 Å². The number of nitrogens with one attached hydrogen (secondary N) is 1. The van der Waals surface area contributed by atoms with E-state index in [2.05, 4.69) is 5.32 Å². The summed E-state index contributed by atoms with van der Waals surface area (Å²) in [6.07, 6.45) is -0.0811. The Morgan fingerprint density at radius 3 is 2.46 bits per heavy atom. The highest BCUT2D eigenvalue weighted by molar-refractivity contribution is 5.84. The molecule has 0 saturated heterocycles. The van der Waals surface area contributed by atoms with Crippen molar-refractivity contribution in [1.29, 1.82) is 0 Å². The number of carbonyl (C=O) groups excluding carboxylic acids is 2. The Morgan fingerprint density at radius 2 is 1.86 bits per heavy atom. The first-order chi connectivity index (χ1) is 13.2. The first-order valence-electron chi connectivity index (χ1n) is 9.00. The summed E-state index contributed by atoms with van der Waals surface area (Å²) in [7, 11) is 0. The zero-order valence-electron chi connectivity index (χ0n) is 16.6. The number of amides is 1. The Morgan fingerprint density at radius 1 is 1.18 bits per heavy atom. The van der Waals surface area contributed by atoms with Crippen molar-refractivity contribution < 1.29 is 19.1 Å². The number of anilines is 1. The van der Waals surface area contributed by atoms with Crippen LogP contribution in [0.5, 0.6) is 0 Å². The Hall–Kier alpha value is -2.93. The molecule has 1 heterocycles. The van der Waals surface area contributed by atoms with Crippen molar-refractivity contribution in [3.8, 4) is 0 Å². The number of benzene rings is 1. The average molecular weight is 386 g/mol. The summed E-state index contributed by atoms with van der Waals surface area (Å²) in [4.78, 5) is 36.4. The van der Waals surface area contributed by atoms with Crippen LogP contribution in [0.15, 0.2) is 47.3 Å². The van der Waals surface area contributed by atoms with Gasteiger partial charge in [-0.2, -0.15) is 0 Å². The van der Waals surface area contributed by atoms with Crippen molar-refractivity contribution in [2.45, 2.75) is 45.9 Å². The Kier molecular flexibility index (Phi) is 7.12. The molecule has 1 N–H and O–H groups in total. The van der Waals surface area contributed by atoms with E-state index in [4.69, 9.17) is 9.47 Å². The summed E-state index contributed by atoms with van der Waals surface area (Å²) in [5, 5.41) is 2.45. The fourth-order valence-corrected chi connectivity index (χ4v) is 2.53. The van der Waals surface area contributed by atoms with Crippen molar-refractivity contribution >= 4 is 18.1 Å². The second kappa shape index (κ2) is 9.32. The lowest BCUT2D eigenvalue weighted by Crippen LogP contribution is -2.34. The number of aryl methyl sites for hydroxylation is 1. The van der Waals surface area contributed by atoms with Gasteiger partial charge in [-0.25, -0.2) is 4.79 Å². The lowest BCUT2D eigenvalue weighted by Gasteiger charge is -2.24. The van der Waals surface area contributed by atoms with Crippen molar-refractivity contribution in [2.75, 3.05) is 11.9 Å². The zero-order chi connectivity index (χ0) is 20.7. The maximum Gasteiger partial charge on any atom is 0.412 e. The normalized spacial score (nSPS) is 12.3. The molecule has 0 aliphatic rings. The van der Waals surface area contributed by atoms with Gasteiger partial charge in [0, 0.05) is 5.69 Å². The topological polar surface area (TPSA) is 86.6 Å². The van der Waals surface area contributed by atoms with E-state index in [-0.39, 0.29) is 18.9 Å². The summed E-state index contributed by atoms with van der Waals surface area (Å²) in [6, 6.07) is 11.6.